The Morgan fingerprint density at radius 1 is 1.10 bits per heavy atom. The molecule has 162 valence electrons. The second-order valence-electron chi connectivity index (χ2n) is 8.55. The normalized spacial score (nSPS) is 12.3. The lowest BCUT2D eigenvalue weighted by Gasteiger charge is -2.31. The molecule has 1 N–H and O–H groups in total. The van der Waals surface area contributed by atoms with E-state index in [9.17, 15) is 9.59 Å². The van der Waals surface area contributed by atoms with Crippen molar-refractivity contribution in [3.05, 3.63) is 69.7 Å². The summed E-state index contributed by atoms with van der Waals surface area (Å²) in [6.07, 6.45) is 0. The average molecular weight is 491 g/mol. The maximum Gasteiger partial charge on any atom is 0.242 e. The topological polar surface area (TPSA) is 49.4 Å². The van der Waals surface area contributed by atoms with Crippen LogP contribution in [0.1, 0.15) is 44.4 Å². The molecule has 0 aliphatic heterocycles. The highest BCUT2D eigenvalue weighted by Gasteiger charge is 2.28. The summed E-state index contributed by atoms with van der Waals surface area (Å²) < 4.78 is 1.04. The van der Waals surface area contributed by atoms with Gasteiger partial charge in [0, 0.05) is 22.3 Å². The van der Waals surface area contributed by atoms with Gasteiger partial charge in [0.05, 0.1) is 5.75 Å². The van der Waals surface area contributed by atoms with E-state index in [0.29, 0.717) is 12.3 Å². The molecule has 0 bridgehead atoms. The fourth-order valence-corrected chi connectivity index (χ4v) is 4.12. The third-order valence-electron chi connectivity index (χ3n) is 4.51. The van der Waals surface area contributed by atoms with E-state index in [4.69, 9.17) is 0 Å². The van der Waals surface area contributed by atoms with Gasteiger partial charge in [0.1, 0.15) is 6.04 Å². The molecule has 2 aromatic rings. The number of carbonyl (C=O) groups is 2. The number of aryl methyl sites for hydroxylation is 1. The Balaban J connectivity index is 2.09. The van der Waals surface area contributed by atoms with E-state index in [1.54, 1.807) is 23.6 Å². The Hall–Kier alpha value is -1.79. The van der Waals surface area contributed by atoms with Crippen molar-refractivity contribution < 1.29 is 9.59 Å². The third kappa shape index (κ3) is 8.15. The van der Waals surface area contributed by atoms with Crippen LogP contribution >= 0.6 is 27.7 Å². The van der Waals surface area contributed by atoms with Gasteiger partial charge in [-0.25, -0.2) is 0 Å². The zero-order chi connectivity index (χ0) is 22.3. The lowest BCUT2D eigenvalue weighted by Crippen LogP contribution is -2.52. The van der Waals surface area contributed by atoms with Crippen LogP contribution in [0.2, 0.25) is 0 Å². The molecular weight excluding hydrogens is 460 g/mol. The maximum absolute atomic E-state index is 13.1. The van der Waals surface area contributed by atoms with E-state index in [0.717, 1.165) is 21.4 Å². The highest BCUT2D eigenvalue weighted by atomic mass is 79.9. The first kappa shape index (κ1) is 24.5. The first-order chi connectivity index (χ1) is 14.0. The van der Waals surface area contributed by atoms with Crippen molar-refractivity contribution in [1.29, 1.82) is 0 Å². The lowest BCUT2D eigenvalue weighted by molar-refractivity contribution is -0.139. The van der Waals surface area contributed by atoms with Crippen LogP contribution in [0.4, 0.5) is 0 Å². The van der Waals surface area contributed by atoms with Gasteiger partial charge >= 0.3 is 0 Å². The molecule has 6 heteroatoms. The molecule has 2 rings (SSSR count). The van der Waals surface area contributed by atoms with Gasteiger partial charge in [-0.2, -0.15) is 0 Å². The molecule has 30 heavy (non-hydrogen) atoms. The first-order valence-electron chi connectivity index (χ1n) is 10.0. The number of amides is 2. The standard InChI is InChI=1S/C24H31BrN2O2S/c1-17-7-6-8-20(13-17)14-27(18(2)23(29)26-24(3,4)5)22(28)16-30-15-19-9-11-21(25)12-10-19/h6-13,18H,14-16H2,1-5H3,(H,26,29)/t18-/m1/s1. The number of nitrogens with one attached hydrogen (secondary N) is 1. The van der Waals surface area contributed by atoms with Gasteiger partial charge in [0.25, 0.3) is 0 Å². The van der Waals surface area contributed by atoms with Gasteiger partial charge in [-0.15, -0.1) is 11.8 Å². The number of rotatable bonds is 8. The molecule has 2 amide bonds. The van der Waals surface area contributed by atoms with Gasteiger partial charge in [-0.3, -0.25) is 9.59 Å². The lowest BCUT2D eigenvalue weighted by atomic mass is 10.1. The highest BCUT2D eigenvalue weighted by Crippen LogP contribution is 2.18. The van der Waals surface area contributed by atoms with Crippen molar-refractivity contribution in [2.24, 2.45) is 0 Å². The second kappa shape index (κ2) is 11.0. The van der Waals surface area contributed by atoms with Gasteiger partial charge in [0.2, 0.25) is 11.8 Å². The summed E-state index contributed by atoms with van der Waals surface area (Å²) in [4.78, 5) is 27.6. The van der Waals surface area contributed by atoms with Crippen LogP contribution in [-0.4, -0.2) is 34.0 Å². The van der Waals surface area contributed by atoms with Crippen LogP contribution in [0.15, 0.2) is 53.0 Å². The van der Waals surface area contributed by atoms with Crippen LogP contribution in [0, 0.1) is 6.92 Å². The predicted octanol–water partition coefficient (Wildman–Crippen LogP) is 5.32. The zero-order valence-corrected chi connectivity index (χ0v) is 20.8. The summed E-state index contributed by atoms with van der Waals surface area (Å²) in [5, 5.41) is 2.99. The van der Waals surface area contributed by atoms with Crippen LogP contribution in [-0.2, 0) is 21.9 Å². The Labute approximate surface area is 192 Å². The molecule has 0 aliphatic carbocycles. The van der Waals surface area contributed by atoms with E-state index in [-0.39, 0.29) is 17.4 Å². The first-order valence-corrected chi connectivity index (χ1v) is 12.0. The molecule has 0 unspecified atom stereocenters. The van der Waals surface area contributed by atoms with E-state index in [1.807, 2.05) is 70.2 Å². The number of halogens is 1. The van der Waals surface area contributed by atoms with E-state index in [2.05, 4.69) is 27.3 Å². The Morgan fingerprint density at radius 2 is 1.77 bits per heavy atom. The van der Waals surface area contributed by atoms with Gasteiger partial charge in [-0.1, -0.05) is 57.9 Å². The zero-order valence-electron chi connectivity index (χ0n) is 18.4. The molecule has 0 spiro atoms. The molecule has 0 aliphatic rings. The fraction of sp³-hybridized carbons (Fsp3) is 0.417. The van der Waals surface area contributed by atoms with Crippen LogP contribution in [0.3, 0.4) is 0 Å². The molecule has 4 nitrogen and oxygen atoms in total. The Morgan fingerprint density at radius 3 is 2.37 bits per heavy atom. The quantitative estimate of drug-likeness (QED) is 0.544. The molecule has 0 heterocycles. The molecule has 0 fully saturated rings. The minimum Gasteiger partial charge on any atom is -0.350 e. The molecule has 0 saturated heterocycles. The van der Waals surface area contributed by atoms with Gasteiger partial charge in [-0.05, 0) is 57.9 Å². The smallest absolute Gasteiger partial charge is 0.242 e. The van der Waals surface area contributed by atoms with Crippen molar-refractivity contribution in [1.82, 2.24) is 10.2 Å². The summed E-state index contributed by atoms with van der Waals surface area (Å²) in [5.74, 6) is 0.908. The molecule has 0 radical (unpaired) electrons. The van der Waals surface area contributed by atoms with E-state index >= 15 is 0 Å². The molecular formula is C24H31BrN2O2S. The van der Waals surface area contributed by atoms with E-state index in [1.165, 1.54) is 5.56 Å². The SMILES string of the molecule is Cc1cccc(CN(C(=O)CSCc2ccc(Br)cc2)[C@H](C)C(=O)NC(C)(C)C)c1. The second-order valence-corrected chi connectivity index (χ2v) is 10.4. The number of nitrogens with zero attached hydrogens (tertiary/aromatic N) is 1. The third-order valence-corrected chi connectivity index (χ3v) is 6.03. The fourth-order valence-electron chi connectivity index (χ4n) is 2.98. The molecule has 2 aromatic carbocycles. The van der Waals surface area contributed by atoms with Gasteiger partial charge in [0.15, 0.2) is 0 Å². The van der Waals surface area contributed by atoms with Crippen molar-refractivity contribution in [2.75, 3.05) is 5.75 Å². The maximum atomic E-state index is 13.1. The summed E-state index contributed by atoms with van der Waals surface area (Å²) in [5.41, 5.74) is 2.98. The number of hydrogen-bond donors (Lipinski definition) is 1. The predicted molar refractivity (Wildman–Crippen MR) is 129 cm³/mol. The summed E-state index contributed by atoms with van der Waals surface area (Å²) in [7, 11) is 0. The Bertz CT molecular complexity index is 862. The summed E-state index contributed by atoms with van der Waals surface area (Å²) >= 11 is 5.00. The van der Waals surface area contributed by atoms with Crippen molar-refractivity contribution in [3.63, 3.8) is 0 Å². The Kier molecular flexibility index (Phi) is 8.98. The number of benzene rings is 2. The van der Waals surface area contributed by atoms with Crippen LogP contribution < -0.4 is 5.32 Å². The minimum absolute atomic E-state index is 0.0322. The average Bonchev–Trinajstić information content (AvgIpc) is 2.65. The minimum atomic E-state index is -0.550. The molecule has 0 aromatic heterocycles. The van der Waals surface area contributed by atoms with Crippen LogP contribution in [0.25, 0.3) is 0 Å². The van der Waals surface area contributed by atoms with Gasteiger partial charge < -0.3 is 10.2 Å². The summed E-state index contributed by atoms with van der Waals surface area (Å²) in [6, 6.07) is 15.6. The number of carbonyl (C=O) groups excluding carboxylic acids is 2. The largest absolute Gasteiger partial charge is 0.350 e. The van der Waals surface area contributed by atoms with Crippen LogP contribution in [0.5, 0.6) is 0 Å². The highest BCUT2D eigenvalue weighted by molar-refractivity contribution is 9.10. The van der Waals surface area contributed by atoms with Crippen molar-refractivity contribution in [2.45, 2.75) is 58.5 Å². The van der Waals surface area contributed by atoms with Crippen molar-refractivity contribution >= 4 is 39.5 Å². The monoisotopic (exact) mass is 490 g/mol. The summed E-state index contributed by atoms with van der Waals surface area (Å²) in [6.45, 7) is 10.1. The molecule has 0 saturated carbocycles. The van der Waals surface area contributed by atoms with E-state index < -0.39 is 6.04 Å². The number of hydrogen-bond acceptors (Lipinski definition) is 3. The number of thioether (sulfide) groups is 1. The van der Waals surface area contributed by atoms with Crippen molar-refractivity contribution in [3.8, 4) is 0 Å². The molecule has 1 atom stereocenters.